The number of anilines is 1. The summed E-state index contributed by atoms with van der Waals surface area (Å²) in [7, 11) is 0. The first-order valence-electron chi connectivity index (χ1n) is 8.84. The smallest absolute Gasteiger partial charge is 0.255 e. The Morgan fingerprint density at radius 1 is 1.00 bits per heavy atom. The Morgan fingerprint density at radius 3 is 2.38 bits per heavy atom. The molecule has 0 unspecified atom stereocenters. The first-order chi connectivity index (χ1) is 14.0. The molecule has 2 aromatic carbocycles. The summed E-state index contributed by atoms with van der Waals surface area (Å²) in [6.07, 6.45) is 5.04. The highest BCUT2D eigenvalue weighted by molar-refractivity contribution is 6.35. The van der Waals surface area contributed by atoms with Crippen LogP contribution in [0.3, 0.4) is 0 Å². The molecule has 0 radical (unpaired) electrons. The molecule has 0 fully saturated rings. The van der Waals surface area contributed by atoms with Crippen molar-refractivity contribution in [2.45, 2.75) is 6.92 Å². The molecule has 0 spiro atoms. The van der Waals surface area contributed by atoms with Gasteiger partial charge >= 0.3 is 0 Å². The average molecular weight is 423 g/mol. The Hall–Kier alpha value is -3.15. The van der Waals surface area contributed by atoms with Crippen LogP contribution < -0.4 is 5.32 Å². The minimum absolute atomic E-state index is 0.200. The Bertz CT molecular complexity index is 1150. The third-order valence-electron chi connectivity index (χ3n) is 4.37. The Kier molecular flexibility index (Phi) is 5.34. The van der Waals surface area contributed by atoms with Crippen molar-refractivity contribution >= 4 is 34.8 Å². The van der Waals surface area contributed by atoms with E-state index < -0.39 is 0 Å². The molecule has 4 rings (SSSR count). The lowest BCUT2D eigenvalue weighted by atomic mass is 10.1. The highest BCUT2D eigenvalue weighted by Crippen LogP contribution is 2.29. The molecule has 0 atom stereocenters. The van der Waals surface area contributed by atoms with E-state index in [0.717, 1.165) is 22.8 Å². The number of rotatable bonds is 4. The molecule has 0 saturated heterocycles. The van der Waals surface area contributed by atoms with Gasteiger partial charge in [-0.05, 0) is 61.5 Å². The SMILES string of the molecule is Cc1cnc(-c2cc(Cl)cc(Cl)c2)n1-c1ccc(C(=O)Nc2cccnc2)cc1. The minimum atomic E-state index is -0.200. The molecule has 0 aliphatic carbocycles. The normalized spacial score (nSPS) is 10.7. The number of amides is 1. The molecule has 7 heteroatoms. The van der Waals surface area contributed by atoms with Crippen LogP contribution >= 0.6 is 23.2 Å². The van der Waals surface area contributed by atoms with E-state index in [4.69, 9.17) is 23.2 Å². The maximum Gasteiger partial charge on any atom is 0.255 e. The van der Waals surface area contributed by atoms with Crippen molar-refractivity contribution in [2.75, 3.05) is 5.32 Å². The average Bonchev–Trinajstić information content (AvgIpc) is 3.09. The summed E-state index contributed by atoms with van der Waals surface area (Å²) in [5.74, 6) is 0.521. The second-order valence-corrected chi connectivity index (χ2v) is 7.33. The number of aromatic nitrogens is 3. The van der Waals surface area contributed by atoms with E-state index in [1.807, 2.05) is 35.8 Å². The molecule has 5 nitrogen and oxygen atoms in total. The Balaban J connectivity index is 1.65. The number of aryl methyl sites for hydroxylation is 1. The van der Waals surface area contributed by atoms with E-state index in [2.05, 4.69) is 15.3 Å². The van der Waals surface area contributed by atoms with E-state index in [-0.39, 0.29) is 5.91 Å². The quantitative estimate of drug-likeness (QED) is 0.451. The molecular weight excluding hydrogens is 407 g/mol. The van der Waals surface area contributed by atoms with Crippen LogP contribution in [0.5, 0.6) is 0 Å². The molecule has 0 aliphatic heterocycles. The summed E-state index contributed by atoms with van der Waals surface area (Å²) in [4.78, 5) is 21.0. The number of nitrogens with one attached hydrogen (secondary N) is 1. The van der Waals surface area contributed by atoms with Gasteiger partial charge in [-0.1, -0.05) is 23.2 Å². The number of carbonyl (C=O) groups is 1. The van der Waals surface area contributed by atoms with E-state index in [1.165, 1.54) is 0 Å². The zero-order chi connectivity index (χ0) is 20.4. The van der Waals surface area contributed by atoms with Crippen LogP contribution in [-0.4, -0.2) is 20.4 Å². The molecule has 2 aromatic heterocycles. The molecule has 0 bridgehead atoms. The van der Waals surface area contributed by atoms with Gasteiger partial charge in [0.25, 0.3) is 5.91 Å². The zero-order valence-corrected chi connectivity index (χ0v) is 16.9. The van der Waals surface area contributed by atoms with Gasteiger partial charge in [0.1, 0.15) is 5.82 Å². The number of hydrogen-bond acceptors (Lipinski definition) is 3. The van der Waals surface area contributed by atoms with Crippen LogP contribution in [0.1, 0.15) is 16.1 Å². The predicted octanol–water partition coefficient (Wildman–Crippen LogP) is 5.80. The van der Waals surface area contributed by atoms with Gasteiger partial charge in [-0.2, -0.15) is 0 Å². The van der Waals surface area contributed by atoms with Gasteiger partial charge in [0.15, 0.2) is 0 Å². The maximum atomic E-state index is 12.5. The van der Waals surface area contributed by atoms with Crippen LogP contribution in [0.25, 0.3) is 17.1 Å². The monoisotopic (exact) mass is 422 g/mol. The molecule has 0 saturated carbocycles. The first kappa shape index (κ1) is 19.2. The van der Waals surface area contributed by atoms with Crippen molar-refractivity contribution in [3.63, 3.8) is 0 Å². The van der Waals surface area contributed by atoms with Crippen molar-refractivity contribution < 1.29 is 4.79 Å². The molecule has 4 aromatic rings. The van der Waals surface area contributed by atoms with Crippen LogP contribution in [0.15, 0.2) is 73.2 Å². The van der Waals surface area contributed by atoms with Crippen LogP contribution in [-0.2, 0) is 0 Å². The number of nitrogens with zero attached hydrogens (tertiary/aromatic N) is 3. The van der Waals surface area contributed by atoms with Gasteiger partial charge in [-0.3, -0.25) is 14.3 Å². The number of pyridine rings is 1. The molecular formula is C22H16Cl2N4O. The number of halogens is 2. The van der Waals surface area contributed by atoms with Crippen LogP contribution in [0.4, 0.5) is 5.69 Å². The minimum Gasteiger partial charge on any atom is -0.321 e. The molecule has 1 amide bonds. The van der Waals surface area contributed by atoms with Gasteiger partial charge in [-0.15, -0.1) is 0 Å². The topological polar surface area (TPSA) is 59.8 Å². The van der Waals surface area contributed by atoms with Crippen molar-refractivity contribution in [1.82, 2.24) is 14.5 Å². The lowest BCUT2D eigenvalue weighted by Crippen LogP contribution is -2.12. The van der Waals surface area contributed by atoms with Gasteiger partial charge < -0.3 is 5.32 Å². The molecule has 0 aliphatic rings. The summed E-state index contributed by atoms with van der Waals surface area (Å²) in [5, 5.41) is 3.91. The van der Waals surface area contributed by atoms with Gasteiger partial charge in [0.05, 0.1) is 11.9 Å². The highest BCUT2D eigenvalue weighted by Gasteiger charge is 2.14. The van der Waals surface area contributed by atoms with Crippen molar-refractivity contribution in [1.29, 1.82) is 0 Å². The number of benzene rings is 2. The summed E-state index contributed by atoms with van der Waals surface area (Å²) in [5.41, 5.74) is 3.83. The first-order valence-corrected chi connectivity index (χ1v) is 9.59. The van der Waals surface area contributed by atoms with E-state index in [0.29, 0.717) is 21.3 Å². The van der Waals surface area contributed by atoms with Gasteiger partial charge in [-0.25, -0.2) is 4.98 Å². The largest absolute Gasteiger partial charge is 0.321 e. The van der Waals surface area contributed by atoms with E-state index in [9.17, 15) is 4.79 Å². The third-order valence-corrected chi connectivity index (χ3v) is 4.80. The lowest BCUT2D eigenvalue weighted by molar-refractivity contribution is 0.102. The molecule has 2 heterocycles. The second kappa shape index (κ2) is 8.07. The summed E-state index contributed by atoms with van der Waals surface area (Å²) in [6, 6.07) is 16.2. The maximum absolute atomic E-state index is 12.5. The second-order valence-electron chi connectivity index (χ2n) is 6.46. The highest BCUT2D eigenvalue weighted by atomic mass is 35.5. The van der Waals surface area contributed by atoms with Crippen molar-refractivity contribution in [3.8, 4) is 17.1 Å². The third kappa shape index (κ3) is 4.16. The zero-order valence-electron chi connectivity index (χ0n) is 15.4. The fourth-order valence-electron chi connectivity index (χ4n) is 3.05. The van der Waals surface area contributed by atoms with E-state index >= 15 is 0 Å². The van der Waals surface area contributed by atoms with Crippen LogP contribution in [0.2, 0.25) is 10.0 Å². The van der Waals surface area contributed by atoms with Gasteiger partial charge in [0, 0.05) is 44.9 Å². The van der Waals surface area contributed by atoms with Gasteiger partial charge in [0.2, 0.25) is 0 Å². The molecule has 144 valence electrons. The summed E-state index contributed by atoms with van der Waals surface area (Å²) in [6.45, 7) is 1.96. The standard InChI is InChI=1S/C22H16Cl2N4O/c1-14-12-26-21(16-9-17(23)11-18(24)10-16)28(14)20-6-4-15(5-7-20)22(29)27-19-3-2-8-25-13-19/h2-13H,1H3,(H,27,29). The van der Waals surface area contributed by atoms with Crippen molar-refractivity contribution in [2.24, 2.45) is 0 Å². The predicted molar refractivity (Wildman–Crippen MR) is 116 cm³/mol. The molecule has 1 N–H and O–H groups in total. The Morgan fingerprint density at radius 2 is 1.72 bits per heavy atom. The fourth-order valence-corrected chi connectivity index (χ4v) is 3.58. The lowest BCUT2D eigenvalue weighted by Gasteiger charge is -2.12. The summed E-state index contributed by atoms with van der Waals surface area (Å²) >= 11 is 12.3. The van der Waals surface area contributed by atoms with Crippen LogP contribution in [0, 0.1) is 6.92 Å². The fraction of sp³-hybridized carbons (Fsp3) is 0.0455. The van der Waals surface area contributed by atoms with E-state index in [1.54, 1.807) is 48.9 Å². The number of imidazole rings is 1. The number of hydrogen-bond donors (Lipinski definition) is 1. The molecule has 29 heavy (non-hydrogen) atoms. The Labute approximate surface area is 178 Å². The summed E-state index contributed by atoms with van der Waals surface area (Å²) < 4.78 is 1.99. The number of carbonyl (C=O) groups excluding carboxylic acids is 1. The van der Waals surface area contributed by atoms with Crippen molar-refractivity contribution in [3.05, 3.63) is 94.5 Å².